The molecule has 3 amide bonds. The Bertz CT molecular complexity index is 758. The Balaban J connectivity index is 2.08. The van der Waals surface area contributed by atoms with Gasteiger partial charge in [-0.15, -0.1) is 0 Å². The molecule has 3 N–H and O–H groups in total. The van der Waals surface area contributed by atoms with E-state index in [4.69, 9.17) is 9.52 Å². The van der Waals surface area contributed by atoms with E-state index in [-0.39, 0.29) is 17.4 Å². The van der Waals surface area contributed by atoms with Crippen LogP contribution in [0.2, 0.25) is 0 Å². The number of carbonyl (C=O) groups excluding carboxylic acids is 2. The van der Waals surface area contributed by atoms with Crippen molar-refractivity contribution in [1.82, 2.24) is 0 Å². The van der Waals surface area contributed by atoms with Crippen LogP contribution in [0.25, 0.3) is 0 Å². The zero-order valence-corrected chi connectivity index (χ0v) is 12.8. The van der Waals surface area contributed by atoms with Gasteiger partial charge in [0.25, 0.3) is 0 Å². The van der Waals surface area contributed by atoms with Crippen molar-refractivity contribution in [2.75, 3.05) is 14.9 Å². The molecule has 120 valence electrons. The number of furan rings is 1. The molecule has 0 radical (unpaired) electrons. The molecule has 2 rings (SSSR count). The van der Waals surface area contributed by atoms with Gasteiger partial charge in [-0.25, -0.2) is 13.9 Å². The molecule has 0 saturated carbocycles. The van der Waals surface area contributed by atoms with Gasteiger partial charge in [0.05, 0.1) is 5.69 Å². The fourth-order valence-electron chi connectivity index (χ4n) is 1.72. The van der Waals surface area contributed by atoms with Gasteiger partial charge in [-0.3, -0.25) is 4.79 Å². The van der Waals surface area contributed by atoms with Crippen molar-refractivity contribution in [3.8, 4) is 0 Å². The highest BCUT2D eigenvalue weighted by atomic mass is 32.1. The van der Waals surface area contributed by atoms with Crippen LogP contribution < -0.4 is 14.9 Å². The zero-order valence-electron chi connectivity index (χ0n) is 11.9. The Labute approximate surface area is 136 Å². The summed E-state index contributed by atoms with van der Waals surface area (Å²) in [5, 5.41) is 13.9. The number of amides is 3. The Kier molecular flexibility index (Phi) is 4.91. The number of hydrogen-bond donors (Lipinski definition) is 4. The zero-order chi connectivity index (χ0) is 17.0. The average molecular weight is 335 g/mol. The molecular formula is C14H13N3O5S. The third-order valence-corrected chi connectivity index (χ3v) is 3.08. The summed E-state index contributed by atoms with van der Waals surface area (Å²) in [6.45, 7) is 1.37. The van der Waals surface area contributed by atoms with E-state index in [1.807, 2.05) is 0 Å². The van der Waals surface area contributed by atoms with Crippen molar-refractivity contribution in [1.29, 1.82) is 0 Å². The summed E-state index contributed by atoms with van der Waals surface area (Å²) >= 11 is 4.01. The molecule has 0 spiro atoms. The van der Waals surface area contributed by atoms with E-state index in [9.17, 15) is 14.4 Å². The van der Waals surface area contributed by atoms with Crippen molar-refractivity contribution >= 4 is 47.8 Å². The maximum atomic E-state index is 12.1. The fourth-order valence-corrected chi connectivity index (χ4v) is 1.88. The van der Waals surface area contributed by atoms with Gasteiger partial charge in [-0.1, -0.05) is 18.9 Å². The highest BCUT2D eigenvalue weighted by Crippen LogP contribution is 2.22. The lowest BCUT2D eigenvalue weighted by molar-refractivity contribution is -0.114. The largest absolute Gasteiger partial charge is 0.475 e. The molecule has 0 aliphatic carbocycles. The normalized spacial score (nSPS) is 10.0. The molecule has 9 heteroatoms. The minimum absolute atomic E-state index is 0.168. The van der Waals surface area contributed by atoms with Crippen molar-refractivity contribution in [2.45, 2.75) is 6.92 Å². The summed E-state index contributed by atoms with van der Waals surface area (Å²) in [5.74, 6) is -1.79. The summed E-state index contributed by atoms with van der Waals surface area (Å²) in [4.78, 5) is 33.9. The second kappa shape index (κ2) is 6.88. The minimum atomic E-state index is -1.25. The van der Waals surface area contributed by atoms with Crippen molar-refractivity contribution in [3.63, 3.8) is 0 Å². The van der Waals surface area contributed by atoms with Crippen molar-refractivity contribution in [2.24, 2.45) is 0 Å². The van der Waals surface area contributed by atoms with E-state index in [0.29, 0.717) is 11.4 Å². The van der Waals surface area contributed by atoms with E-state index in [1.54, 1.807) is 24.3 Å². The first-order valence-corrected chi connectivity index (χ1v) is 6.76. The van der Waals surface area contributed by atoms with Crippen molar-refractivity contribution < 1.29 is 23.9 Å². The minimum Gasteiger partial charge on any atom is -0.475 e. The molecule has 0 aliphatic heterocycles. The standard InChI is InChI=1S/C14H13N3O5S/c1-8(18)15-9-3-2-4-10(5-9)16-14(21)17(23)11-6-12(13(19)20)22-7-11/h2-7,23H,1H3,(H,15,18)(H,16,21)(H,19,20). The van der Waals surface area contributed by atoms with Crippen LogP contribution in [0.5, 0.6) is 0 Å². The Hall–Kier alpha value is -2.94. The molecule has 1 aromatic carbocycles. The fraction of sp³-hybridized carbons (Fsp3) is 0.0714. The topological polar surface area (TPSA) is 112 Å². The molecule has 23 heavy (non-hydrogen) atoms. The van der Waals surface area contributed by atoms with Crippen LogP contribution in [0.1, 0.15) is 17.5 Å². The molecule has 0 fully saturated rings. The van der Waals surface area contributed by atoms with Crippen LogP contribution in [-0.2, 0) is 4.79 Å². The number of urea groups is 1. The number of nitrogens with one attached hydrogen (secondary N) is 2. The molecule has 2 aromatic rings. The molecule has 0 unspecified atom stereocenters. The monoisotopic (exact) mass is 335 g/mol. The number of aromatic carboxylic acids is 1. The first-order valence-electron chi connectivity index (χ1n) is 6.36. The predicted molar refractivity (Wildman–Crippen MR) is 86.9 cm³/mol. The molecule has 0 atom stereocenters. The molecule has 8 nitrogen and oxygen atoms in total. The third kappa shape index (κ3) is 4.27. The van der Waals surface area contributed by atoms with Crippen LogP contribution in [0.4, 0.5) is 21.9 Å². The van der Waals surface area contributed by atoms with Gasteiger partial charge in [-0.05, 0) is 18.2 Å². The summed E-state index contributed by atoms with van der Waals surface area (Å²) in [6, 6.07) is 7.07. The first-order chi connectivity index (χ1) is 10.9. The van der Waals surface area contributed by atoms with Gasteiger partial charge < -0.3 is 20.2 Å². The second-order valence-corrected chi connectivity index (χ2v) is 4.88. The number of benzene rings is 1. The number of thiol groups is 1. The lowest BCUT2D eigenvalue weighted by Crippen LogP contribution is -2.26. The highest BCUT2D eigenvalue weighted by Gasteiger charge is 2.17. The van der Waals surface area contributed by atoms with E-state index < -0.39 is 12.0 Å². The van der Waals surface area contributed by atoms with E-state index in [1.165, 1.54) is 13.0 Å². The number of nitrogens with zero attached hydrogens (tertiary/aromatic N) is 1. The van der Waals surface area contributed by atoms with Crippen molar-refractivity contribution in [3.05, 3.63) is 42.4 Å². The maximum absolute atomic E-state index is 12.1. The predicted octanol–water partition coefficient (Wildman–Crippen LogP) is 2.82. The summed E-state index contributed by atoms with van der Waals surface area (Å²) in [6.07, 6.45) is 1.10. The average Bonchev–Trinajstić information content (AvgIpc) is 2.96. The van der Waals surface area contributed by atoms with Gasteiger partial charge in [0.1, 0.15) is 6.26 Å². The second-order valence-electron chi connectivity index (χ2n) is 4.48. The van der Waals surface area contributed by atoms with E-state index in [0.717, 1.165) is 10.6 Å². The quantitative estimate of drug-likeness (QED) is 0.642. The summed E-state index contributed by atoms with van der Waals surface area (Å²) in [5.41, 5.74) is 1.13. The van der Waals surface area contributed by atoms with Gasteiger partial charge in [-0.2, -0.15) is 0 Å². The first kappa shape index (κ1) is 16.4. The number of carboxylic acids is 1. The van der Waals surface area contributed by atoms with E-state index >= 15 is 0 Å². The number of hydrogen-bond acceptors (Lipinski definition) is 5. The molecule has 0 saturated heterocycles. The Morgan fingerprint density at radius 3 is 2.39 bits per heavy atom. The highest BCUT2D eigenvalue weighted by molar-refractivity contribution is 7.82. The lowest BCUT2D eigenvalue weighted by atomic mass is 10.2. The third-order valence-electron chi connectivity index (χ3n) is 2.67. The van der Waals surface area contributed by atoms with Crippen LogP contribution in [-0.4, -0.2) is 23.0 Å². The van der Waals surface area contributed by atoms with Gasteiger partial charge >= 0.3 is 12.0 Å². The molecule has 0 aliphatic rings. The molecule has 1 heterocycles. The van der Waals surface area contributed by atoms with Gasteiger partial charge in [0, 0.05) is 24.4 Å². The lowest BCUT2D eigenvalue weighted by Gasteiger charge is -2.14. The Morgan fingerprint density at radius 1 is 1.17 bits per heavy atom. The molecular weight excluding hydrogens is 322 g/mol. The van der Waals surface area contributed by atoms with E-state index in [2.05, 4.69) is 23.4 Å². The number of rotatable bonds is 4. The van der Waals surface area contributed by atoms with Crippen LogP contribution in [0.15, 0.2) is 41.0 Å². The molecule has 0 bridgehead atoms. The summed E-state index contributed by atoms with van der Waals surface area (Å²) < 4.78 is 5.70. The van der Waals surface area contributed by atoms with Crippen LogP contribution >= 0.6 is 12.8 Å². The summed E-state index contributed by atoms with van der Waals surface area (Å²) in [7, 11) is 0. The van der Waals surface area contributed by atoms with Crippen LogP contribution in [0, 0.1) is 0 Å². The smallest absolute Gasteiger partial charge is 0.371 e. The SMILES string of the molecule is CC(=O)Nc1cccc(NC(=O)N(S)c2coc(C(=O)O)c2)c1. The van der Waals surface area contributed by atoms with Crippen LogP contribution in [0.3, 0.4) is 0 Å². The number of carbonyl (C=O) groups is 3. The molecule has 1 aromatic heterocycles. The Morgan fingerprint density at radius 2 is 1.83 bits per heavy atom. The van der Waals surface area contributed by atoms with Gasteiger partial charge in [0.2, 0.25) is 11.7 Å². The number of carboxylic acid groups (broad SMARTS) is 1. The maximum Gasteiger partial charge on any atom is 0.371 e. The van der Waals surface area contributed by atoms with Gasteiger partial charge in [0.15, 0.2) is 0 Å². The number of anilines is 3.